The standard InChI is InChI=1S/C33H36F6O6/c1-21-19-25(45-28(41)31(43-6,33(37,38)39)24-15-11-8-12-16-24)20-29(3,4)26(21)18-17-22(2)44-27(40)30(42-5,32(34,35)36)23-13-9-7-10-14-23/h7-18,22,25H,19-20H2,1-6H3/b18-17+/t22-,25-,30-,31-/m1/s1. The third-order valence-corrected chi connectivity index (χ3v) is 7.91. The van der Waals surface area contributed by atoms with E-state index in [1.54, 1.807) is 26.8 Å². The molecule has 4 atom stereocenters. The fourth-order valence-electron chi connectivity index (χ4n) is 5.76. The minimum Gasteiger partial charge on any atom is -0.459 e. The summed E-state index contributed by atoms with van der Waals surface area (Å²) in [4.78, 5) is 26.1. The maximum absolute atomic E-state index is 14.3. The lowest BCUT2D eigenvalue weighted by Gasteiger charge is -2.39. The number of methoxy groups -OCH3 is 2. The van der Waals surface area contributed by atoms with Crippen molar-refractivity contribution in [2.45, 2.75) is 76.3 Å². The van der Waals surface area contributed by atoms with Crippen molar-refractivity contribution in [1.82, 2.24) is 0 Å². The van der Waals surface area contributed by atoms with Gasteiger partial charge in [0.05, 0.1) is 0 Å². The van der Waals surface area contributed by atoms with E-state index in [-0.39, 0.29) is 12.8 Å². The minimum atomic E-state index is -5.13. The lowest BCUT2D eigenvalue weighted by molar-refractivity contribution is -0.279. The van der Waals surface area contributed by atoms with Gasteiger partial charge in [0.1, 0.15) is 12.2 Å². The number of halogens is 6. The van der Waals surface area contributed by atoms with Crippen molar-refractivity contribution >= 4 is 11.9 Å². The molecule has 1 aliphatic rings. The van der Waals surface area contributed by atoms with Crippen LogP contribution in [0.3, 0.4) is 0 Å². The lowest BCUT2D eigenvalue weighted by Crippen LogP contribution is -2.53. The molecule has 0 amide bonds. The van der Waals surface area contributed by atoms with Gasteiger partial charge in [-0.25, -0.2) is 9.59 Å². The molecule has 0 saturated carbocycles. The van der Waals surface area contributed by atoms with Gasteiger partial charge in [0.2, 0.25) is 0 Å². The highest BCUT2D eigenvalue weighted by Crippen LogP contribution is 2.47. The summed E-state index contributed by atoms with van der Waals surface area (Å²) in [5.41, 5.74) is -6.92. The van der Waals surface area contributed by atoms with Gasteiger partial charge in [-0.2, -0.15) is 26.3 Å². The molecule has 0 saturated heterocycles. The van der Waals surface area contributed by atoms with E-state index in [9.17, 15) is 35.9 Å². The van der Waals surface area contributed by atoms with Crippen LogP contribution >= 0.6 is 0 Å². The fourth-order valence-corrected chi connectivity index (χ4v) is 5.76. The zero-order valence-electron chi connectivity index (χ0n) is 25.7. The van der Waals surface area contributed by atoms with Crippen LogP contribution in [0.1, 0.15) is 51.7 Å². The van der Waals surface area contributed by atoms with Crippen molar-refractivity contribution in [3.63, 3.8) is 0 Å². The fraction of sp³-hybridized carbons (Fsp3) is 0.455. The summed E-state index contributed by atoms with van der Waals surface area (Å²) < 4.78 is 106. The Labute approximate surface area is 258 Å². The summed E-state index contributed by atoms with van der Waals surface area (Å²) in [6.45, 7) is 6.66. The third kappa shape index (κ3) is 6.96. The first-order chi connectivity index (χ1) is 20.9. The zero-order valence-corrected chi connectivity index (χ0v) is 25.7. The largest absolute Gasteiger partial charge is 0.459 e. The third-order valence-electron chi connectivity index (χ3n) is 7.91. The molecule has 6 nitrogen and oxygen atoms in total. The second kappa shape index (κ2) is 13.4. The molecule has 1 aliphatic carbocycles. The Kier molecular flexibility index (Phi) is 10.7. The van der Waals surface area contributed by atoms with Crippen LogP contribution in [0.4, 0.5) is 26.3 Å². The Balaban J connectivity index is 1.82. The molecule has 0 heterocycles. The normalized spacial score (nSPS) is 20.7. The quantitative estimate of drug-likeness (QED) is 0.195. The van der Waals surface area contributed by atoms with Crippen LogP contribution in [-0.2, 0) is 39.7 Å². The van der Waals surface area contributed by atoms with Gasteiger partial charge in [0.25, 0.3) is 11.2 Å². The van der Waals surface area contributed by atoms with Crippen LogP contribution < -0.4 is 0 Å². The predicted octanol–water partition coefficient (Wildman–Crippen LogP) is 7.73. The van der Waals surface area contributed by atoms with Gasteiger partial charge < -0.3 is 18.9 Å². The molecule has 246 valence electrons. The van der Waals surface area contributed by atoms with Crippen molar-refractivity contribution in [1.29, 1.82) is 0 Å². The average Bonchev–Trinajstić information content (AvgIpc) is 2.93. The summed E-state index contributed by atoms with van der Waals surface area (Å²) in [6.07, 6.45) is -9.09. The molecule has 0 radical (unpaired) electrons. The second-order valence-corrected chi connectivity index (χ2v) is 11.5. The molecular weight excluding hydrogens is 606 g/mol. The summed E-state index contributed by atoms with van der Waals surface area (Å²) >= 11 is 0. The number of allylic oxidation sites excluding steroid dienone is 2. The number of ether oxygens (including phenoxy) is 4. The van der Waals surface area contributed by atoms with Gasteiger partial charge in [-0.15, -0.1) is 0 Å². The Morgan fingerprint density at radius 1 is 0.822 bits per heavy atom. The first-order valence-electron chi connectivity index (χ1n) is 14.0. The lowest BCUT2D eigenvalue weighted by atomic mass is 9.71. The maximum atomic E-state index is 14.3. The Morgan fingerprint density at radius 3 is 1.67 bits per heavy atom. The van der Waals surface area contributed by atoms with E-state index in [1.807, 2.05) is 0 Å². The Bertz CT molecular complexity index is 1400. The zero-order chi connectivity index (χ0) is 33.8. The highest BCUT2D eigenvalue weighted by atomic mass is 19.4. The van der Waals surface area contributed by atoms with Crippen molar-refractivity contribution < 1.29 is 54.9 Å². The van der Waals surface area contributed by atoms with Gasteiger partial charge in [0.15, 0.2) is 0 Å². The minimum absolute atomic E-state index is 0.0876. The first kappa shape index (κ1) is 35.8. The van der Waals surface area contributed by atoms with Crippen molar-refractivity contribution in [2.24, 2.45) is 5.41 Å². The van der Waals surface area contributed by atoms with Crippen LogP contribution in [-0.4, -0.2) is 50.7 Å². The van der Waals surface area contributed by atoms with E-state index < -0.39 is 64.2 Å². The van der Waals surface area contributed by atoms with Crippen molar-refractivity contribution in [3.8, 4) is 0 Å². The van der Waals surface area contributed by atoms with Crippen LogP contribution in [0.5, 0.6) is 0 Å². The molecule has 0 aliphatic heterocycles. The molecular formula is C33H36F6O6. The monoisotopic (exact) mass is 642 g/mol. The van der Waals surface area contributed by atoms with Crippen LogP contribution in [0.2, 0.25) is 0 Å². The van der Waals surface area contributed by atoms with Crippen molar-refractivity contribution in [3.05, 3.63) is 95.1 Å². The second-order valence-electron chi connectivity index (χ2n) is 11.5. The summed E-state index contributed by atoms with van der Waals surface area (Å²) in [7, 11) is 1.56. The highest BCUT2D eigenvalue weighted by Gasteiger charge is 2.65. The van der Waals surface area contributed by atoms with Crippen molar-refractivity contribution in [2.75, 3.05) is 14.2 Å². The molecule has 12 heteroatoms. The highest BCUT2D eigenvalue weighted by molar-refractivity contribution is 5.83. The number of benzene rings is 2. The summed E-state index contributed by atoms with van der Waals surface area (Å²) in [5.74, 6) is -3.24. The van der Waals surface area contributed by atoms with E-state index in [2.05, 4.69) is 0 Å². The molecule has 0 bridgehead atoms. The SMILES string of the molecule is CO[C@@](C(=O)O[C@@H]1CC(C)=C(/C=C/[C@@H](C)OC(=O)[C@](OC)(c2ccccc2)C(F)(F)F)C(C)(C)C1)(c1ccccc1)C(F)(F)F. The van der Waals surface area contributed by atoms with Gasteiger partial charge in [-0.3, -0.25) is 0 Å². The van der Waals surface area contributed by atoms with Crippen LogP contribution in [0, 0.1) is 5.41 Å². The van der Waals surface area contributed by atoms with Gasteiger partial charge in [-0.05, 0) is 37.3 Å². The molecule has 2 aromatic rings. The topological polar surface area (TPSA) is 71.1 Å². The predicted molar refractivity (Wildman–Crippen MR) is 153 cm³/mol. The number of rotatable bonds is 10. The number of hydrogen-bond donors (Lipinski definition) is 0. The molecule has 0 unspecified atom stereocenters. The average molecular weight is 643 g/mol. The summed E-state index contributed by atoms with van der Waals surface area (Å²) in [5, 5.41) is 0. The molecule has 0 N–H and O–H groups in total. The van der Waals surface area contributed by atoms with E-state index in [1.165, 1.54) is 49.4 Å². The van der Waals surface area contributed by atoms with Gasteiger partial charge in [0, 0.05) is 31.8 Å². The van der Waals surface area contributed by atoms with Crippen LogP contribution in [0.15, 0.2) is 84.0 Å². The van der Waals surface area contributed by atoms with Gasteiger partial charge in [-0.1, -0.05) is 86.2 Å². The number of carbonyl (C=O) groups excluding carboxylic acids is 2. The van der Waals surface area contributed by atoms with E-state index in [0.717, 1.165) is 38.5 Å². The van der Waals surface area contributed by atoms with E-state index in [4.69, 9.17) is 18.9 Å². The molecule has 0 spiro atoms. The summed E-state index contributed by atoms with van der Waals surface area (Å²) in [6, 6.07) is 12.9. The Hall–Kier alpha value is -3.64. The smallest absolute Gasteiger partial charge is 0.432 e. The van der Waals surface area contributed by atoms with Crippen LogP contribution in [0.25, 0.3) is 0 Å². The number of alkyl halides is 6. The number of carbonyl (C=O) groups is 2. The number of esters is 2. The molecule has 3 rings (SSSR count). The Morgan fingerprint density at radius 2 is 1.27 bits per heavy atom. The maximum Gasteiger partial charge on any atom is 0.432 e. The first-order valence-corrected chi connectivity index (χ1v) is 14.0. The molecule has 0 fully saturated rings. The molecule has 0 aromatic heterocycles. The molecule has 45 heavy (non-hydrogen) atoms. The number of hydrogen-bond acceptors (Lipinski definition) is 6. The van der Waals surface area contributed by atoms with E-state index >= 15 is 0 Å². The van der Waals surface area contributed by atoms with Gasteiger partial charge >= 0.3 is 24.3 Å². The molecule has 2 aromatic carbocycles. The van der Waals surface area contributed by atoms with E-state index in [0.29, 0.717) is 11.1 Å².